The molecule has 0 amide bonds. The first-order valence-electron chi connectivity index (χ1n) is 5.84. The molecule has 1 aromatic rings. The Bertz CT molecular complexity index is 359. The van der Waals surface area contributed by atoms with Crippen LogP contribution in [0.1, 0.15) is 51.3 Å². The molecule has 0 aliphatic heterocycles. The summed E-state index contributed by atoms with van der Waals surface area (Å²) in [6, 6.07) is 0.250. The summed E-state index contributed by atoms with van der Waals surface area (Å²) in [6.45, 7) is 6.27. The Labute approximate surface area is 102 Å². The average Bonchev–Trinajstić information content (AvgIpc) is 2.68. The molecule has 0 bridgehead atoms. The number of aromatic nitrogens is 3. The molecular weight excluding hydrogens is 220 g/mol. The van der Waals surface area contributed by atoms with Crippen molar-refractivity contribution in [2.45, 2.75) is 52.5 Å². The maximum absolute atomic E-state index is 5.61. The van der Waals surface area contributed by atoms with Crippen molar-refractivity contribution in [1.82, 2.24) is 14.8 Å². The van der Waals surface area contributed by atoms with Gasteiger partial charge < -0.3 is 5.73 Å². The van der Waals surface area contributed by atoms with Crippen LogP contribution < -0.4 is 5.73 Å². The Morgan fingerprint density at radius 1 is 1.38 bits per heavy atom. The van der Waals surface area contributed by atoms with Gasteiger partial charge in [0.25, 0.3) is 0 Å². The number of nitrogens with zero attached hydrogens (tertiary/aromatic N) is 3. The summed E-state index contributed by atoms with van der Waals surface area (Å²) in [5.74, 6) is 1.93. The molecule has 0 aromatic carbocycles. The van der Waals surface area contributed by atoms with Gasteiger partial charge >= 0.3 is 0 Å². The highest BCUT2D eigenvalue weighted by Gasteiger charge is 2.16. The van der Waals surface area contributed by atoms with E-state index in [1.54, 1.807) is 0 Å². The molecule has 0 saturated heterocycles. The van der Waals surface area contributed by atoms with Gasteiger partial charge in [-0.1, -0.05) is 33.0 Å². The van der Waals surface area contributed by atoms with Crippen LogP contribution in [0.15, 0.2) is 0 Å². The Kier molecular flexibility index (Phi) is 4.86. The van der Waals surface area contributed by atoms with E-state index in [0.29, 0.717) is 11.4 Å². The third-order valence-corrected chi connectivity index (χ3v) is 2.80. The van der Waals surface area contributed by atoms with Crippen LogP contribution in [-0.4, -0.2) is 19.8 Å². The molecule has 1 atom stereocenters. The van der Waals surface area contributed by atoms with Crippen molar-refractivity contribution in [1.29, 1.82) is 0 Å². The van der Waals surface area contributed by atoms with Gasteiger partial charge in [-0.25, -0.2) is 9.67 Å². The first-order chi connectivity index (χ1) is 7.62. The van der Waals surface area contributed by atoms with Crippen molar-refractivity contribution in [3.8, 4) is 0 Å². The van der Waals surface area contributed by atoms with E-state index in [2.05, 4.69) is 30.9 Å². The van der Waals surface area contributed by atoms with Crippen LogP contribution in [-0.2, 0) is 12.8 Å². The zero-order valence-corrected chi connectivity index (χ0v) is 11.0. The second kappa shape index (κ2) is 5.94. The minimum Gasteiger partial charge on any atom is -0.393 e. The van der Waals surface area contributed by atoms with Crippen LogP contribution in [0.5, 0.6) is 0 Å². The van der Waals surface area contributed by atoms with Crippen LogP contribution in [0.2, 0.25) is 0 Å². The van der Waals surface area contributed by atoms with Gasteiger partial charge in [0.1, 0.15) is 5.82 Å². The molecule has 1 unspecified atom stereocenters. The van der Waals surface area contributed by atoms with Gasteiger partial charge in [0, 0.05) is 19.3 Å². The van der Waals surface area contributed by atoms with Gasteiger partial charge in [0.05, 0.1) is 11.0 Å². The van der Waals surface area contributed by atoms with Crippen LogP contribution >= 0.6 is 12.2 Å². The fourth-order valence-corrected chi connectivity index (χ4v) is 1.92. The molecule has 0 radical (unpaired) electrons. The number of hydrogen-bond acceptors (Lipinski definition) is 3. The van der Waals surface area contributed by atoms with E-state index in [1.165, 1.54) is 0 Å². The number of nitrogens with two attached hydrogens (primary N) is 1. The third-order valence-electron chi connectivity index (χ3n) is 2.63. The molecular formula is C11H20N4S. The van der Waals surface area contributed by atoms with Gasteiger partial charge in [-0.2, -0.15) is 5.10 Å². The standard InChI is InChI=1S/C11H20N4S/c1-4-8(7-9(12)16)15-11(6-3)13-10(5-2)14-15/h8H,4-7H2,1-3H3,(H2,12,16). The summed E-state index contributed by atoms with van der Waals surface area (Å²) in [7, 11) is 0. The molecule has 2 N–H and O–H groups in total. The Morgan fingerprint density at radius 3 is 2.50 bits per heavy atom. The maximum Gasteiger partial charge on any atom is 0.150 e. The first kappa shape index (κ1) is 13.1. The SMILES string of the molecule is CCc1nc(CC)n(C(CC)CC(N)=S)n1. The predicted molar refractivity (Wildman–Crippen MR) is 69.5 cm³/mol. The molecule has 0 aliphatic rings. The van der Waals surface area contributed by atoms with Crippen molar-refractivity contribution in [3.63, 3.8) is 0 Å². The van der Waals surface area contributed by atoms with Gasteiger partial charge in [-0.15, -0.1) is 0 Å². The predicted octanol–water partition coefficient (Wildman–Crippen LogP) is 2.03. The van der Waals surface area contributed by atoms with E-state index in [-0.39, 0.29) is 6.04 Å². The van der Waals surface area contributed by atoms with Crippen LogP contribution in [0.3, 0.4) is 0 Å². The zero-order chi connectivity index (χ0) is 12.1. The molecule has 4 nitrogen and oxygen atoms in total. The van der Waals surface area contributed by atoms with E-state index in [0.717, 1.165) is 30.9 Å². The van der Waals surface area contributed by atoms with Gasteiger partial charge in [0.2, 0.25) is 0 Å². The maximum atomic E-state index is 5.61. The zero-order valence-electron chi connectivity index (χ0n) is 10.2. The van der Waals surface area contributed by atoms with E-state index in [4.69, 9.17) is 18.0 Å². The molecule has 16 heavy (non-hydrogen) atoms. The van der Waals surface area contributed by atoms with Crippen LogP contribution in [0.4, 0.5) is 0 Å². The molecule has 1 aromatic heterocycles. The number of thiocarbonyl (C=S) groups is 1. The number of hydrogen-bond donors (Lipinski definition) is 1. The van der Waals surface area contributed by atoms with Crippen molar-refractivity contribution in [2.24, 2.45) is 5.73 Å². The molecule has 1 heterocycles. The summed E-state index contributed by atoms with van der Waals surface area (Å²) >= 11 is 4.97. The minimum atomic E-state index is 0.250. The monoisotopic (exact) mass is 240 g/mol. The molecule has 0 aliphatic carbocycles. The third kappa shape index (κ3) is 3.01. The quantitative estimate of drug-likeness (QED) is 0.773. The Balaban J connectivity index is 2.97. The van der Waals surface area contributed by atoms with Crippen LogP contribution in [0, 0.1) is 0 Å². The second-order valence-corrected chi connectivity index (χ2v) is 4.35. The van der Waals surface area contributed by atoms with E-state index in [1.807, 2.05) is 4.68 Å². The fraction of sp³-hybridized carbons (Fsp3) is 0.727. The van der Waals surface area contributed by atoms with Crippen LogP contribution in [0.25, 0.3) is 0 Å². The van der Waals surface area contributed by atoms with Crippen molar-refractivity contribution >= 4 is 17.2 Å². The van der Waals surface area contributed by atoms with Gasteiger partial charge in [-0.05, 0) is 6.42 Å². The average molecular weight is 240 g/mol. The summed E-state index contributed by atoms with van der Waals surface area (Å²) in [6.07, 6.45) is 3.42. The lowest BCUT2D eigenvalue weighted by atomic mass is 10.1. The Morgan fingerprint density at radius 2 is 2.06 bits per heavy atom. The second-order valence-electron chi connectivity index (χ2n) is 3.83. The smallest absolute Gasteiger partial charge is 0.150 e. The molecule has 0 fully saturated rings. The summed E-state index contributed by atoms with van der Waals surface area (Å²) in [5, 5.41) is 4.51. The first-order valence-corrected chi connectivity index (χ1v) is 6.25. The highest BCUT2D eigenvalue weighted by molar-refractivity contribution is 7.80. The fourth-order valence-electron chi connectivity index (χ4n) is 1.72. The van der Waals surface area contributed by atoms with Gasteiger partial charge in [0.15, 0.2) is 5.82 Å². The summed E-state index contributed by atoms with van der Waals surface area (Å²) in [4.78, 5) is 5.04. The summed E-state index contributed by atoms with van der Waals surface area (Å²) < 4.78 is 2.00. The molecule has 90 valence electrons. The highest BCUT2D eigenvalue weighted by Crippen LogP contribution is 2.17. The largest absolute Gasteiger partial charge is 0.393 e. The number of aryl methyl sites for hydroxylation is 2. The summed E-state index contributed by atoms with van der Waals surface area (Å²) in [5.41, 5.74) is 5.61. The normalized spacial score (nSPS) is 12.7. The topological polar surface area (TPSA) is 56.7 Å². The van der Waals surface area contributed by atoms with Gasteiger partial charge in [-0.3, -0.25) is 0 Å². The number of rotatable bonds is 6. The molecule has 0 saturated carbocycles. The lowest BCUT2D eigenvalue weighted by molar-refractivity contribution is 0.435. The van der Waals surface area contributed by atoms with Crippen molar-refractivity contribution < 1.29 is 0 Å². The Hall–Kier alpha value is -0.970. The molecule has 1 rings (SSSR count). The van der Waals surface area contributed by atoms with Crippen molar-refractivity contribution in [3.05, 3.63) is 11.6 Å². The lowest BCUT2D eigenvalue weighted by Crippen LogP contribution is -2.20. The highest BCUT2D eigenvalue weighted by atomic mass is 32.1. The molecule has 5 heteroatoms. The molecule has 0 spiro atoms. The minimum absolute atomic E-state index is 0.250. The van der Waals surface area contributed by atoms with Crippen molar-refractivity contribution in [2.75, 3.05) is 0 Å². The van der Waals surface area contributed by atoms with E-state index in [9.17, 15) is 0 Å². The lowest BCUT2D eigenvalue weighted by Gasteiger charge is -2.16. The van der Waals surface area contributed by atoms with E-state index >= 15 is 0 Å². The van der Waals surface area contributed by atoms with E-state index < -0.39 is 0 Å².